The molecule has 0 radical (unpaired) electrons. The summed E-state index contributed by atoms with van der Waals surface area (Å²) in [5.74, 6) is 0.491. The number of carbonyl (C=O) groups is 1. The molecule has 1 aliphatic heterocycles. The summed E-state index contributed by atoms with van der Waals surface area (Å²) in [6, 6.07) is 7.58. The van der Waals surface area contributed by atoms with Crippen molar-refractivity contribution in [3.63, 3.8) is 0 Å². The van der Waals surface area contributed by atoms with Crippen LogP contribution in [0, 0.1) is 5.92 Å². The highest BCUT2D eigenvalue weighted by molar-refractivity contribution is 6.30. The van der Waals surface area contributed by atoms with Crippen LogP contribution in [-0.2, 0) is 17.6 Å². The Morgan fingerprint density at radius 1 is 1.23 bits per heavy atom. The van der Waals surface area contributed by atoms with Crippen LogP contribution in [0.25, 0.3) is 5.69 Å². The van der Waals surface area contributed by atoms with Crippen molar-refractivity contribution in [3.8, 4) is 5.69 Å². The van der Waals surface area contributed by atoms with E-state index in [-0.39, 0.29) is 5.91 Å². The van der Waals surface area contributed by atoms with E-state index < -0.39 is 0 Å². The average molecular weight is 376 g/mol. The number of carbonyl (C=O) groups excluding carboxylic acids is 1. The zero-order chi connectivity index (χ0) is 18.7. The average Bonchev–Trinajstić information content (AvgIpc) is 2.99. The Labute approximate surface area is 159 Å². The van der Waals surface area contributed by atoms with Gasteiger partial charge in [-0.3, -0.25) is 4.79 Å². The van der Waals surface area contributed by atoms with Gasteiger partial charge in [0, 0.05) is 18.1 Å². The molecule has 1 fully saturated rings. The van der Waals surface area contributed by atoms with Crippen LogP contribution in [-0.4, -0.2) is 46.9 Å². The number of amides is 1. The van der Waals surface area contributed by atoms with Gasteiger partial charge in [-0.2, -0.15) is 5.10 Å². The van der Waals surface area contributed by atoms with Gasteiger partial charge in [-0.25, -0.2) is 4.68 Å². The molecule has 2 heterocycles. The fraction of sp³-hybridized carbons (Fsp3) is 0.500. The standard InChI is InChI=1S/C20H26ClN3O2/c1-4-18-19(20(25)23-9-11-26-12-10-23)17(13-14(2)3)22-24(18)16-7-5-15(21)6-8-16/h5-8,14H,4,9-13H2,1-3H3. The van der Waals surface area contributed by atoms with E-state index in [1.54, 1.807) is 0 Å². The summed E-state index contributed by atoms with van der Waals surface area (Å²) in [5.41, 5.74) is 3.53. The molecule has 0 aliphatic carbocycles. The van der Waals surface area contributed by atoms with Crippen LogP contribution in [0.15, 0.2) is 24.3 Å². The van der Waals surface area contributed by atoms with Gasteiger partial charge < -0.3 is 9.64 Å². The highest BCUT2D eigenvalue weighted by Crippen LogP contribution is 2.25. The molecule has 1 amide bonds. The van der Waals surface area contributed by atoms with Gasteiger partial charge in [0.1, 0.15) is 0 Å². The van der Waals surface area contributed by atoms with Gasteiger partial charge in [0.2, 0.25) is 0 Å². The molecule has 0 N–H and O–H groups in total. The minimum absolute atomic E-state index is 0.0704. The SMILES string of the molecule is CCc1c(C(=O)N2CCOCC2)c(CC(C)C)nn1-c1ccc(Cl)cc1. The van der Waals surface area contributed by atoms with Gasteiger partial charge >= 0.3 is 0 Å². The molecule has 2 aromatic rings. The molecule has 5 nitrogen and oxygen atoms in total. The maximum absolute atomic E-state index is 13.3. The molecule has 140 valence electrons. The Bertz CT molecular complexity index is 762. The molecule has 0 spiro atoms. The predicted octanol–water partition coefficient (Wildman–Crippen LogP) is 3.76. The molecule has 0 unspecified atom stereocenters. The van der Waals surface area contributed by atoms with E-state index in [4.69, 9.17) is 21.4 Å². The first-order valence-electron chi connectivity index (χ1n) is 9.25. The molecule has 1 aromatic carbocycles. The molecule has 3 rings (SSSR count). The van der Waals surface area contributed by atoms with Gasteiger partial charge in [-0.05, 0) is 43.0 Å². The van der Waals surface area contributed by atoms with Crippen molar-refractivity contribution in [1.29, 1.82) is 0 Å². The van der Waals surface area contributed by atoms with Gasteiger partial charge in [0.15, 0.2) is 0 Å². The van der Waals surface area contributed by atoms with Gasteiger partial charge in [-0.1, -0.05) is 32.4 Å². The van der Waals surface area contributed by atoms with E-state index in [1.807, 2.05) is 33.8 Å². The Hall–Kier alpha value is -1.85. The first-order valence-corrected chi connectivity index (χ1v) is 9.62. The molecule has 1 aromatic heterocycles. The summed E-state index contributed by atoms with van der Waals surface area (Å²) in [6.07, 6.45) is 1.51. The van der Waals surface area contributed by atoms with E-state index in [9.17, 15) is 4.79 Å². The molecule has 0 bridgehead atoms. The number of morpholine rings is 1. The quantitative estimate of drug-likeness (QED) is 0.799. The van der Waals surface area contributed by atoms with Crippen molar-refractivity contribution in [3.05, 3.63) is 46.2 Å². The van der Waals surface area contributed by atoms with E-state index >= 15 is 0 Å². The van der Waals surface area contributed by atoms with Crippen molar-refractivity contribution in [2.45, 2.75) is 33.6 Å². The number of ether oxygens (including phenoxy) is 1. The van der Waals surface area contributed by atoms with Crippen molar-refractivity contribution in [2.75, 3.05) is 26.3 Å². The van der Waals surface area contributed by atoms with Crippen LogP contribution >= 0.6 is 11.6 Å². The van der Waals surface area contributed by atoms with Crippen LogP contribution < -0.4 is 0 Å². The zero-order valence-electron chi connectivity index (χ0n) is 15.7. The molecule has 6 heteroatoms. The fourth-order valence-electron chi connectivity index (χ4n) is 3.33. The molecule has 0 saturated carbocycles. The van der Waals surface area contributed by atoms with Crippen molar-refractivity contribution in [2.24, 2.45) is 5.92 Å². The lowest BCUT2D eigenvalue weighted by Crippen LogP contribution is -2.41. The third-order valence-electron chi connectivity index (χ3n) is 4.57. The highest BCUT2D eigenvalue weighted by atomic mass is 35.5. The van der Waals surface area contributed by atoms with Crippen molar-refractivity contribution < 1.29 is 9.53 Å². The van der Waals surface area contributed by atoms with Crippen LogP contribution in [0.1, 0.15) is 42.5 Å². The zero-order valence-corrected chi connectivity index (χ0v) is 16.4. The second kappa shape index (κ2) is 8.23. The maximum Gasteiger partial charge on any atom is 0.257 e. The molecule has 0 atom stereocenters. The second-order valence-corrected chi connectivity index (χ2v) is 7.45. The first kappa shape index (κ1) is 18.9. The number of halogens is 1. The molecule has 26 heavy (non-hydrogen) atoms. The number of rotatable bonds is 5. The van der Waals surface area contributed by atoms with E-state index in [2.05, 4.69) is 20.8 Å². The van der Waals surface area contributed by atoms with Crippen LogP contribution in [0.4, 0.5) is 0 Å². The Balaban J connectivity index is 2.07. The summed E-state index contributed by atoms with van der Waals surface area (Å²) in [4.78, 5) is 15.2. The van der Waals surface area contributed by atoms with Crippen molar-refractivity contribution >= 4 is 17.5 Å². The third-order valence-corrected chi connectivity index (χ3v) is 4.83. The fourth-order valence-corrected chi connectivity index (χ4v) is 3.45. The Morgan fingerprint density at radius 3 is 2.46 bits per heavy atom. The van der Waals surface area contributed by atoms with Crippen molar-refractivity contribution in [1.82, 2.24) is 14.7 Å². The predicted molar refractivity (Wildman–Crippen MR) is 103 cm³/mol. The summed E-state index contributed by atoms with van der Waals surface area (Å²) in [5, 5.41) is 5.52. The highest BCUT2D eigenvalue weighted by Gasteiger charge is 2.28. The smallest absolute Gasteiger partial charge is 0.257 e. The van der Waals surface area contributed by atoms with E-state index in [0.717, 1.165) is 35.5 Å². The molecule has 1 aliphatic rings. The maximum atomic E-state index is 13.3. The van der Waals surface area contributed by atoms with Crippen LogP contribution in [0.2, 0.25) is 5.02 Å². The minimum atomic E-state index is 0.0704. The number of benzene rings is 1. The Kier molecular flexibility index (Phi) is 5.99. The number of hydrogen-bond acceptors (Lipinski definition) is 3. The topological polar surface area (TPSA) is 47.4 Å². The summed E-state index contributed by atoms with van der Waals surface area (Å²) in [7, 11) is 0. The van der Waals surface area contributed by atoms with Gasteiger partial charge in [0.05, 0.1) is 35.9 Å². The van der Waals surface area contributed by atoms with E-state index in [0.29, 0.717) is 37.2 Å². The number of aromatic nitrogens is 2. The lowest BCUT2D eigenvalue weighted by atomic mass is 10.0. The lowest BCUT2D eigenvalue weighted by Gasteiger charge is -2.27. The van der Waals surface area contributed by atoms with Gasteiger partial charge in [-0.15, -0.1) is 0 Å². The third kappa shape index (κ3) is 3.94. The largest absolute Gasteiger partial charge is 0.378 e. The van der Waals surface area contributed by atoms with Crippen LogP contribution in [0.5, 0.6) is 0 Å². The first-order chi connectivity index (χ1) is 12.5. The number of hydrogen-bond donors (Lipinski definition) is 0. The second-order valence-electron chi connectivity index (χ2n) is 7.01. The van der Waals surface area contributed by atoms with E-state index in [1.165, 1.54) is 0 Å². The summed E-state index contributed by atoms with van der Waals surface area (Å²) < 4.78 is 7.30. The number of nitrogens with zero attached hydrogens (tertiary/aromatic N) is 3. The molecular formula is C20H26ClN3O2. The van der Waals surface area contributed by atoms with Gasteiger partial charge in [0.25, 0.3) is 5.91 Å². The monoisotopic (exact) mass is 375 g/mol. The summed E-state index contributed by atoms with van der Waals surface area (Å²) in [6.45, 7) is 8.82. The molecule has 1 saturated heterocycles. The lowest BCUT2D eigenvalue weighted by molar-refractivity contribution is 0.0301. The normalized spacial score (nSPS) is 14.9. The molecular weight excluding hydrogens is 350 g/mol. The summed E-state index contributed by atoms with van der Waals surface area (Å²) >= 11 is 6.03. The van der Waals surface area contributed by atoms with Crippen LogP contribution in [0.3, 0.4) is 0 Å². The Morgan fingerprint density at radius 2 is 1.88 bits per heavy atom. The minimum Gasteiger partial charge on any atom is -0.378 e.